The average Bonchev–Trinajstić information content (AvgIpc) is 2.30. The largest absolute Gasteiger partial charge is 0.481 e. The molecule has 1 aromatic rings. The Balaban J connectivity index is 2.07. The van der Waals surface area contributed by atoms with Gasteiger partial charge in [0.05, 0.1) is 13.2 Å². The molecule has 0 saturated carbocycles. The molecule has 14 heavy (non-hydrogen) atoms. The van der Waals surface area contributed by atoms with Crippen LogP contribution in [0.4, 0.5) is 0 Å². The van der Waals surface area contributed by atoms with E-state index in [1.165, 1.54) is 12.8 Å². The number of nitrogens with zero attached hydrogens (tertiary/aromatic N) is 1. The average molecular weight is 193 g/mol. The summed E-state index contributed by atoms with van der Waals surface area (Å²) in [4.78, 5) is 4.17. The third kappa shape index (κ3) is 2.04. The zero-order valence-electron chi connectivity index (χ0n) is 8.40. The molecule has 2 rings (SSSR count). The number of ether oxygens (including phenoxy) is 2. The Kier molecular flexibility index (Phi) is 2.99. The predicted octanol–water partition coefficient (Wildman–Crippen LogP) is 2.33. The van der Waals surface area contributed by atoms with Crippen molar-refractivity contribution in [3.05, 3.63) is 23.9 Å². The first-order chi connectivity index (χ1) is 6.90. The second-order valence-corrected chi connectivity index (χ2v) is 3.49. The molecule has 1 aromatic heterocycles. The minimum atomic E-state index is 0.238. The number of pyridine rings is 1. The van der Waals surface area contributed by atoms with E-state index in [1.54, 1.807) is 7.11 Å². The van der Waals surface area contributed by atoms with Crippen LogP contribution in [0.3, 0.4) is 0 Å². The fraction of sp³-hybridized carbons (Fsp3) is 0.545. The van der Waals surface area contributed by atoms with E-state index >= 15 is 0 Å². The standard InChI is InChI=1S/C11H15NO2/c1-13-11-6-5-9(8-12-11)10-4-2-3-7-14-10/h5-6,8,10H,2-4,7H2,1H3. The number of hydrogen-bond acceptors (Lipinski definition) is 3. The van der Waals surface area contributed by atoms with Crippen LogP contribution < -0.4 is 4.74 Å². The quantitative estimate of drug-likeness (QED) is 0.722. The minimum Gasteiger partial charge on any atom is -0.481 e. The fourth-order valence-corrected chi connectivity index (χ4v) is 1.71. The van der Waals surface area contributed by atoms with Gasteiger partial charge in [-0.2, -0.15) is 0 Å². The highest BCUT2D eigenvalue weighted by molar-refractivity contribution is 5.19. The van der Waals surface area contributed by atoms with Gasteiger partial charge in [0.15, 0.2) is 0 Å². The van der Waals surface area contributed by atoms with Crippen LogP contribution in [-0.2, 0) is 4.74 Å². The molecule has 76 valence electrons. The highest BCUT2D eigenvalue weighted by Crippen LogP contribution is 2.27. The Bertz CT molecular complexity index is 278. The van der Waals surface area contributed by atoms with Gasteiger partial charge in [-0.3, -0.25) is 0 Å². The molecule has 1 aliphatic heterocycles. The van der Waals surface area contributed by atoms with E-state index in [2.05, 4.69) is 4.98 Å². The monoisotopic (exact) mass is 193 g/mol. The van der Waals surface area contributed by atoms with E-state index < -0.39 is 0 Å². The first kappa shape index (κ1) is 9.46. The molecule has 2 heterocycles. The zero-order valence-corrected chi connectivity index (χ0v) is 8.40. The highest BCUT2D eigenvalue weighted by atomic mass is 16.5. The fourth-order valence-electron chi connectivity index (χ4n) is 1.71. The van der Waals surface area contributed by atoms with Crippen molar-refractivity contribution >= 4 is 0 Å². The van der Waals surface area contributed by atoms with Gasteiger partial charge in [-0.15, -0.1) is 0 Å². The van der Waals surface area contributed by atoms with Crippen molar-refractivity contribution in [3.8, 4) is 5.88 Å². The molecule has 1 fully saturated rings. The molecule has 0 aromatic carbocycles. The minimum absolute atomic E-state index is 0.238. The summed E-state index contributed by atoms with van der Waals surface area (Å²) in [5.41, 5.74) is 1.16. The van der Waals surface area contributed by atoms with Crippen molar-refractivity contribution in [2.24, 2.45) is 0 Å². The van der Waals surface area contributed by atoms with Crippen LogP contribution in [0.5, 0.6) is 5.88 Å². The van der Waals surface area contributed by atoms with Crippen LogP contribution in [0, 0.1) is 0 Å². The van der Waals surface area contributed by atoms with Gasteiger partial charge in [0.1, 0.15) is 0 Å². The van der Waals surface area contributed by atoms with Crippen molar-refractivity contribution in [1.82, 2.24) is 4.98 Å². The van der Waals surface area contributed by atoms with Crippen molar-refractivity contribution in [2.75, 3.05) is 13.7 Å². The lowest BCUT2D eigenvalue weighted by Crippen LogP contribution is -2.11. The van der Waals surface area contributed by atoms with Gasteiger partial charge in [0.25, 0.3) is 0 Å². The third-order valence-corrected chi connectivity index (χ3v) is 2.52. The summed E-state index contributed by atoms with van der Waals surface area (Å²) in [5, 5.41) is 0. The van der Waals surface area contributed by atoms with Crippen LogP contribution in [-0.4, -0.2) is 18.7 Å². The molecular formula is C11H15NO2. The maximum Gasteiger partial charge on any atom is 0.212 e. The van der Waals surface area contributed by atoms with Crippen LogP contribution in [0.25, 0.3) is 0 Å². The number of methoxy groups -OCH3 is 1. The summed E-state index contributed by atoms with van der Waals surface area (Å²) in [5.74, 6) is 0.657. The highest BCUT2D eigenvalue weighted by Gasteiger charge is 2.15. The van der Waals surface area contributed by atoms with Gasteiger partial charge in [-0.25, -0.2) is 4.98 Å². The van der Waals surface area contributed by atoms with Crippen molar-refractivity contribution < 1.29 is 9.47 Å². The molecule has 0 N–H and O–H groups in total. The molecule has 1 atom stereocenters. The lowest BCUT2D eigenvalue weighted by Gasteiger charge is -2.22. The number of hydrogen-bond donors (Lipinski definition) is 0. The lowest BCUT2D eigenvalue weighted by atomic mass is 10.0. The van der Waals surface area contributed by atoms with Crippen LogP contribution >= 0.6 is 0 Å². The summed E-state index contributed by atoms with van der Waals surface area (Å²) in [6.45, 7) is 0.872. The first-order valence-corrected chi connectivity index (χ1v) is 5.01. The molecule has 0 spiro atoms. The summed E-state index contributed by atoms with van der Waals surface area (Å²) in [6.07, 6.45) is 5.61. The van der Waals surface area contributed by atoms with Crippen molar-refractivity contribution in [3.63, 3.8) is 0 Å². The van der Waals surface area contributed by atoms with Crippen LogP contribution in [0.2, 0.25) is 0 Å². The zero-order chi connectivity index (χ0) is 9.80. The Labute approximate surface area is 84.1 Å². The van der Waals surface area contributed by atoms with Crippen LogP contribution in [0.1, 0.15) is 30.9 Å². The van der Waals surface area contributed by atoms with E-state index in [9.17, 15) is 0 Å². The molecule has 1 unspecified atom stereocenters. The Morgan fingerprint density at radius 3 is 2.93 bits per heavy atom. The molecule has 1 saturated heterocycles. The van der Waals surface area contributed by atoms with Gasteiger partial charge in [0, 0.05) is 18.9 Å². The molecule has 0 radical (unpaired) electrons. The summed E-state index contributed by atoms with van der Waals surface area (Å²) < 4.78 is 10.7. The van der Waals surface area contributed by atoms with E-state index in [-0.39, 0.29) is 6.10 Å². The predicted molar refractivity (Wildman–Crippen MR) is 53.3 cm³/mol. The molecule has 0 aliphatic carbocycles. The third-order valence-electron chi connectivity index (χ3n) is 2.52. The number of aromatic nitrogens is 1. The van der Waals surface area contributed by atoms with E-state index in [0.717, 1.165) is 18.6 Å². The second kappa shape index (κ2) is 4.42. The second-order valence-electron chi connectivity index (χ2n) is 3.49. The summed E-state index contributed by atoms with van der Waals surface area (Å²) >= 11 is 0. The molecule has 1 aliphatic rings. The Morgan fingerprint density at radius 2 is 2.36 bits per heavy atom. The van der Waals surface area contributed by atoms with Crippen LogP contribution in [0.15, 0.2) is 18.3 Å². The molecule has 3 nitrogen and oxygen atoms in total. The molecule has 0 amide bonds. The molecule has 3 heteroatoms. The van der Waals surface area contributed by atoms with Crippen molar-refractivity contribution in [1.29, 1.82) is 0 Å². The Morgan fingerprint density at radius 1 is 1.43 bits per heavy atom. The topological polar surface area (TPSA) is 31.4 Å². The normalized spacial score (nSPS) is 21.9. The van der Waals surface area contributed by atoms with E-state index in [0.29, 0.717) is 5.88 Å². The lowest BCUT2D eigenvalue weighted by molar-refractivity contribution is 0.0147. The molecular weight excluding hydrogens is 178 g/mol. The first-order valence-electron chi connectivity index (χ1n) is 5.01. The van der Waals surface area contributed by atoms with Gasteiger partial charge in [-0.05, 0) is 30.9 Å². The summed E-state index contributed by atoms with van der Waals surface area (Å²) in [7, 11) is 1.62. The SMILES string of the molecule is COc1ccc(C2CCCCO2)cn1. The maximum absolute atomic E-state index is 5.66. The van der Waals surface area contributed by atoms with E-state index in [4.69, 9.17) is 9.47 Å². The summed E-state index contributed by atoms with van der Waals surface area (Å²) in [6, 6.07) is 3.91. The number of rotatable bonds is 2. The maximum atomic E-state index is 5.66. The van der Waals surface area contributed by atoms with Gasteiger partial charge < -0.3 is 9.47 Å². The van der Waals surface area contributed by atoms with Gasteiger partial charge >= 0.3 is 0 Å². The molecule has 0 bridgehead atoms. The van der Waals surface area contributed by atoms with Gasteiger partial charge in [-0.1, -0.05) is 0 Å². The van der Waals surface area contributed by atoms with Gasteiger partial charge in [0.2, 0.25) is 5.88 Å². The van der Waals surface area contributed by atoms with Crippen molar-refractivity contribution in [2.45, 2.75) is 25.4 Å². The Hall–Kier alpha value is -1.09. The smallest absolute Gasteiger partial charge is 0.212 e. The van der Waals surface area contributed by atoms with E-state index in [1.807, 2.05) is 18.3 Å².